The zero-order chi connectivity index (χ0) is 20.2. The molecule has 1 amide bonds. The molecule has 158 valence electrons. The highest BCUT2D eigenvalue weighted by Crippen LogP contribution is 2.10. The maximum absolute atomic E-state index is 12.5. The Hall–Kier alpha value is -1.52. The van der Waals surface area contributed by atoms with Gasteiger partial charge in [0.05, 0.1) is 44.5 Å². The zero-order valence-electron chi connectivity index (χ0n) is 16.4. The number of ether oxygens (including phenoxy) is 3. The van der Waals surface area contributed by atoms with E-state index in [1.807, 2.05) is 6.92 Å². The number of carbonyl (C=O) groups excluding carboxylic acids is 1. The molecule has 0 atom stereocenters. The fraction of sp³-hybridized carbons (Fsp3) is 0.632. The summed E-state index contributed by atoms with van der Waals surface area (Å²) < 4.78 is 43.3. The third-order valence-corrected chi connectivity index (χ3v) is 5.78. The summed E-state index contributed by atoms with van der Waals surface area (Å²) >= 11 is 0. The predicted octanol–water partition coefficient (Wildman–Crippen LogP) is 0.946. The van der Waals surface area contributed by atoms with Crippen LogP contribution in [0.4, 0.5) is 0 Å². The van der Waals surface area contributed by atoms with Crippen LogP contribution in [-0.2, 0) is 29.0 Å². The second-order valence-corrected chi connectivity index (χ2v) is 8.30. The molecule has 1 N–H and O–H groups in total. The molecular weight excluding hydrogens is 384 g/mol. The van der Waals surface area contributed by atoms with E-state index in [9.17, 15) is 13.2 Å². The second-order valence-electron chi connectivity index (χ2n) is 6.53. The van der Waals surface area contributed by atoms with Gasteiger partial charge in [0.15, 0.2) is 0 Å². The van der Waals surface area contributed by atoms with E-state index in [2.05, 4.69) is 4.72 Å². The number of aryl methyl sites for hydroxylation is 1. The number of hydrogen-bond acceptors (Lipinski definition) is 6. The standard InChI is InChI=1S/C19H30N2O6S/c1-17-4-6-18(7-5-17)28(23,24)20-8-2-3-19(22)21-9-11-25-13-15-27-16-14-26-12-10-21/h4-7,20H,2-3,8-16H2,1H3. The van der Waals surface area contributed by atoms with Gasteiger partial charge in [-0.3, -0.25) is 4.79 Å². The Labute approximate surface area is 167 Å². The van der Waals surface area contributed by atoms with Crippen molar-refractivity contribution in [2.75, 3.05) is 59.3 Å². The smallest absolute Gasteiger partial charge is 0.240 e. The molecule has 2 rings (SSSR count). The molecule has 28 heavy (non-hydrogen) atoms. The Kier molecular flexibility index (Phi) is 9.86. The van der Waals surface area contributed by atoms with E-state index < -0.39 is 10.0 Å². The first kappa shape index (κ1) is 22.8. The number of nitrogens with one attached hydrogen (secondary N) is 1. The van der Waals surface area contributed by atoms with Gasteiger partial charge in [0.1, 0.15) is 0 Å². The highest BCUT2D eigenvalue weighted by molar-refractivity contribution is 7.89. The summed E-state index contributed by atoms with van der Waals surface area (Å²) in [6.45, 7) is 5.96. The minimum atomic E-state index is -3.55. The number of rotatable bonds is 6. The fourth-order valence-electron chi connectivity index (χ4n) is 2.66. The van der Waals surface area contributed by atoms with Crippen molar-refractivity contribution in [3.8, 4) is 0 Å². The van der Waals surface area contributed by atoms with Crippen LogP contribution in [0.1, 0.15) is 18.4 Å². The van der Waals surface area contributed by atoms with Gasteiger partial charge in [0, 0.05) is 26.1 Å². The maximum atomic E-state index is 12.5. The van der Waals surface area contributed by atoms with Crippen LogP contribution in [0.3, 0.4) is 0 Å². The fourth-order valence-corrected chi connectivity index (χ4v) is 3.73. The van der Waals surface area contributed by atoms with Gasteiger partial charge in [-0.15, -0.1) is 0 Å². The van der Waals surface area contributed by atoms with Crippen LogP contribution in [0.15, 0.2) is 29.2 Å². The third-order valence-electron chi connectivity index (χ3n) is 4.30. The van der Waals surface area contributed by atoms with E-state index in [0.717, 1.165) is 5.56 Å². The molecule has 0 saturated carbocycles. The van der Waals surface area contributed by atoms with E-state index in [4.69, 9.17) is 14.2 Å². The minimum Gasteiger partial charge on any atom is -0.377 e. The SMILES string of the molecule is Cc1ccc(S(=O)(=O)NCCCC(=O)N2CCOCCOCCOCC2)cc1. The molecule has 1 aromatic rings. The zero-order valence-corrected chi connectivity index (χ0v) is 17.2. The summed E-state index contributed by atoms with van der Waals surface area (Å²) in [4.78, 5) is 14.4. The van der Waals surface area contributed by atoms with Crippen LogP contribution in [0.25, 0.3) is 0 Å². The van der Waals surface area contributed by atoms with Gasteiger partial charge >= 0.3 is 0 Å². The largest absolute Gasteiger partial charge is 0.377 e. The molecule has 1 aromatic carbocycles. The summed E-state index contributed by atoms with van der Waals surface area (Å²) in [6.07, 6.45) is 0.690. The molecular formula is C19H30N2O6S. The Morgan fingerprint density at radius 3 is 2.07 bits per heavy atom. The Morgan fingerprint density at radius 1 is 0.964 bits per heavy atom. The average molecular weight is 415 g/mol. The molecule has 0 spiro atoms. The summed E-state index contributed by atoms with van der Waals surface area (Å²) in [6, 6.07) is 6.66. The predicted molar refractivity (Wildman–Crippen MR) is 105 cm³/mol. The lowest BCUT2D eigenvalue weighted by molar-refractivity contribution is -0.133. The number of amides is 1. The van der Waals surface area contributed by atoms with Crippen LogP contribution in [-0.4, -0.2) is 78.5 Å². The molecule has 0 radical (unpaired) electrons. The first-order valence-corrected chi connectivity index (χ1v) is 11.0. The van der Waals surface area contributed by atoms with Crippen LogP contribution >= 0.6 is 0 Å². The van der Waals surface area contributed by atoms with Crippen molar-refractivity contribution in [3.05, 3.63) is 29.8 Å². The normalized spacial score (nSPS) is 17.5. The van der Waals surface area contributed by atoms with Crippen LogP contribution in [0.5, 0.6) is 0 Å². The maximum Gasteiger partial charge on any atom is 0.240 e. The van der Waals surface area contributed by atoms with E-state index >= 15 is 0 Å². The molecule has 0 unspecified atom stereocenters. The summed E-state index contributed by atoms with van der Waals surface area (Å²) in [5, 5.41) is 0. The van der Waals surface area contributed by atoms with Crippen LogP contribution < -0.4 is 4.72 Å². The second kappa shape index (κ2) is 12.1. The van der Waals surface area contributed by atoms with Crippen molar-refractivity contribution in [2.24, 2.45) is 0 Å². The van der Waals surface area contributed by atoms with Crippen molar-refractivity contribution >= 4 is 15.9 Å². The van der Waals surface area contributed by atoms with Gasteiger partial charge < -0.3 is 19.1 Å². The highest BCUT2D eigenvalue weighted by Gasteiger charge is 2.16. The lowest BCUT2D eigenvalue weighted by Crippen LogP contribution is -2.37. The van der Waals surface area contributed by atoms with E-state index in [-0.39, 0.29) is 23.8 Å². The Morgan fingerprint density at radius 2 is 1.50 bits per heavy atom. The van der Waals surface area contributed by atoms with Crippen molar-refractivity contribution in [3.63, 3.8) is 0 Å². The van der Waals surface area contributed by atoms with Crippen molar-refractivity contribution < 1.29 is 27.4 Å². The van der Waals surface area contributed by atoms with Crippen LogP contribution in [0.2, 0.25) is 0 Å². The summed E-state index contributed by atoms with van der Waals surface area (Å²) in [5.74, 6) is -0.0324. The number of carbonyl (C=O) groups is 1. The van der Waals surface area contributed by atoms with Crippen molar-refractivity contribution in [1.29, 1.82) is 0 Å². The minimum absolute atomic E-state index is 0.0324. The van der Waals surface area contributed by atoms with Gasteiger partial charge in [-0.05, 0) is 25.5 Å². The van der Waals surface area contributed by atoms with Gasteiger partial charge in [-0.1, -0.05) is 17.7 Å². The van der Waals surface area contributed by atoms with E-state index in [1.165, 1.54) is 0 Å². The molecule has 1 aliphatic rings. The van der Waals surface area contributed by atoms with E-state index in [1.54, 1.807) is 29.2 Å². The number of nitrogens with zero attached hydrogens (tertiary/aromatic N) is 1. The average Bonchev–Trinajstić information content (AvgIpc) is 2.66. The third kappa shape index (κ3) is 8.24. The molecule has 1 heterocycles. The molecule has 1 saturated heterocycles. The molecule has 0 aliphatic carbocycles. The quantitative estimate of drug-likeness (QED) is 0.697. The number of benzene rings is 1. The first-order chi connectivity index (χ1) is 13.5. The lowest BCUT2D eigenvalue weighted by Gasteiger charge is -2.23. The van der Waals surface area contributed by atoms with Gasteiger partial charge in [-0.25, -0.2) is 13.1 Å². The molecule has 0 aromatic heterocycles. The molecule has 1 aliphatic heterocycles. The molecule has 0 bridgehead atoms. The lowest BCUT2D eigenvalue weighted by atomic mass is 10.2. The Balaban J connectivity index is 1.75. The van der Waals surface area contributed by atoms with Gasteiger partial charge in [0.2, 0.25) is 15.9 Å². The molecule has 9 heteroatoms. The number of sulfonamides is 1. The number of hydrogen-bond donors (Lipinski definition) is 1. The highest BCUT2D eigenvalue weighted by atomic mass is 32.2. The molecule has 8 nitrogen and oxygen atoms in total. The first-order valence-electron chi connectivity index (χ1n) is 9.56. The van der Waals surface area contributed by atoms with E-state index in [0.29, 0.717) is 59.2 Å². The van der Waals surface area contributed by atoms with Gasteiger partial charge in [0.25, 0.3) is 0 Å². The van der Waals surface area contributed by atoms with Crippen molar-refractivity contribution in [1.82, 2.24) is 9.62 Å². The monoisotopic (exact) mass is 414 g/mol. The summed E-state index contributed by atoms with van der Waals surface area (Å²) in [5.41, 5.74) is 0.996. The van der Waals surface area contributed by atoms with Gasteiger partial charge in [-0.2, -0.15) is 0 Å². The van der Waals surface area contributed by atoms with Crippen LogP contribution in [0, 0.1) is 6.92 Å². The summed E-state index contributed by atoms with van der Waals surface area (Å²) in [7, 11) is -3.55. The Bertz CT molecular complexity index is 681. The van der Waals surface area contributed by atoms with Crippen molar-refractivity contribution in [2.45, 2.75) is 24.7 Å². The molecule has 1 fully saturated rings. The topological polar surface area (TPSA) is 94.2 Å².